The predicted octanol–water partition coefficient (Wildman–Crippen LogP) is 0.823. The minimum absolute atomic E-state index is 0.131. The van der Waals surface area contributed by atoms with Crippen LogP contribution in [-0.2, 0) is 27.2 Å². The van der Waals surface area contributed by atoms with Gasteiger partial charge in [-0.05, 0) is 5.56 Å². The van der Waals surface area contributed by atoms with E-state index in [4.69, 9.17) is 9.84 Å². The van der Waals surface area contributed by atoms with Crippen LogP contribution in [0.25, 0.3) is 0 Å². The maximum absolute atomic E-state index is 11.1. The van der Waals surface area contributed by atoms with E-state index >= 15 is 0 Å². The van der Waals surface area contributed by atoms with Crippen molar-refractivity contribution in [3.8, 4) is 5.88 Å². The van der Waals surface area contributed by atoms with Gasteiger partial charge >= 0.3 is 11.9 Å². The number of carbonyl (C=O) groups excluding carboxylic acids is 1. The summed E-state index contributed by atoms with van der Waals surface area (Å²) >= 11 is 0. The minimum atomic E-state index is -0.943. The second-order valence-corrected chi connectivity index (χ2v) is 3.61. The van der Waals surface area contributed by atoms with Crippen molar-refractivity contribution in [2.45, 2.75) is 19.3 Å². The third-order valence-electron chi connectivity index (χ3n) is 2.39. The Morgan fingerprint density at radius 3 is 2.61 bits per heavy atom. The van der Waals surface area contributed by atoms with E-state index in [-0.39, 0.29) is 18.8 Å². The van der Waals surface area contributed by atoms with Gasteiger partial charge < -0.3 is 14.6 Å². The van der Waals surface area contributed by atoms with Gasteiger partial charge in [0, 0.05) is 18.2 Å². The second-order valence-electron chi connectivity index (χ2n) is 3.61. The Morgan fingerprint density at radius 2 is 2.06 bits per heavy atom. The first kappa shape index (κ1) is 14.0. The van der Waals surface area contributed by atoms with Crippen molar-refractivity contribution in [3.63, 3.8) is 0 Å². The lowest BCUT2D eigenvalue weighted by atomic mass is 10.1. The number of carboxylic acid groups (broad SMARTS) is 1. The van der Waals surface area contributed by atoms with Crippen molar-refractivity contribution in [1.82, 2.24) is 4.98 Å². The highest BCUT2D eigenvalue weighted by atomic mass is 16.5. The molecule has 1 aromatic rings. The normalized spacial score (nSPS) is 9.89. The summed E-state index contributed by atoms with van der Waals surface area (Å²) in [6.45, 7) is 0. The van der Waals surface area contributed by atoms with Crippen molar-refractivity contribution >= 4 is 11.9 Å². The fourth-order valence-electron chi connectivity index (χ4n) is 1.49. The Kier molecular flexibility index (Phi) is 5.10. The number of nitrogens with zero attached hydrogens (tertiary/aromatic N) is 1. The Morgan fingerprint density at radius 1 is 1.33 bits per heavy atom. The summed E-state index contributed by atoms with van der Waals surface area (Å²) in [5, 5.41) is 8.79. The number of aromatic nitrogens is 1. The Hall–Kier alpha value is -2.11. The Balaban J connectivity index is 2.88. The summed E-state index contributed by atoms with van der Waals surface area (Å²) in [5.41, 5.74) is 1.12. The largest absolute Gasteiger partial charge is 0.481 e. The predicted molar refractivity (Wildman–Crippen MR) is 62.5 cm³/mol. The van der Waals surface area contributed by atoms with Gasteiger partial charge in [0.05, 0.1) is 27.1 Å². The number of aliphatic carboxylic acids is 1. The molecule has 1 N–H and O–H groups in total. The van der Waals surface area contributed by atoms with Gasteiger partial charge in [0.1, 0.15) is 0 Å². The van der Waals surface area contributed by atoms with Crippen molar-refractivity contribution in [2.24, 2.45) is 0 Å². The number of hydrogen-bond acceptors (Lipinski definition) is 5. The zero-order valence-electron chi connectivity index (χ0n) is 10.3. The van der Waals surface area contributed by atoms with E-state index in [0.717, 1.165) is 0 Å². The maximum Gasteiger partial charge on any atom is 0.307 e. The van der Waals surface area contributed by atoms with Crippen LogP contribution < -0.4 is 4.74 Å². The lowest BCUT2D eigenvalue weighted by Gasteiger charge is -2.08. The van der Waals surface area contributed by atoms with Gasteiger partial charge in [0.2, 0.25) is 5.88 Å². The molecule has 0 saturated heterocycles. The Labute approximate surface area is 105 Å². The summed E-state index contributed by atoms with van der Waals surface area (Å²) in [4.78, 5) is 26.0. The molecule has 0 atom stereocenters. The molecule has 1 rings (SSSR count). The van der Waals surface area contributed by atoms with Crippen LogP contribution in [0.15, 0.2) is 12.1 Å². The minimum Gasteiger partial charge on any atom is -0.481 e. The molecular formula is C12H15NO5. The van der Waals surface area contributed by atoms with Gasteiger partial charge in [-0.1, -0.05) is 6.07 Å². The molecule has 0 saturated carbocycles. The van der Waals surface area contributed by atoms with Crippen molar-refractivity contribution in [1.29, 1.82) is 0 Å². The highest BCUT2D eigenvalue weighted by molar-refractivity contribution is 5.71. The van der Waals surface area contributed by atoms with Crippen LogP contribution in [0.5, 0.6) is 5.88 Å². The molecule has 0 unspecified atom stereocenters. The zero-order valence-corrected chi connectivity index (χ0v) is 10.3. The SMILES string of the molecule is COC(=O)CCc1nc(OC)ccc1CC(=O)O. The molecule has 1 heterocycles. The third-order valence-corrected chi connectivity index (χ3v) is 2.39. The number of carboxylic acids is 1. The molecule has 0 aromatic carbocycles. The second kappa shape index (κ2) is 6.58. The van der Waals surface area contributed by atoms with E-state index in [1.807, 2.05) is 0 Å². The fourth-order valence-corrected chi connectivity index (χ4v) is 1.49. The number of carbonyl (C=O) groups is 2. The molecule has 0 aliphatic carbocycles. The van der Waals surface area contributed by atoms with Crippen LogP contribution in [0.2, 0.25) is 0 Å². The van der Waals surface area contributed by atoms with E-state index in [0.29, 0.717) is 23.6 Å². The molecule has 0 spiro atoms. The molecule has 6 heteroatoms. The summed E-state index contributed by atoms with van der Waals surface area (Å²) in [5.74, 6) is -0.911. The van der Waals surface area contributed by atoms with E-state index in [9.17, 15) is 9.59 Å². The first-order chi connectivity index (χ1) is 8.56. The molecule has 0 amide bonds. The number of pyridine rings is 1. The van der Waals surface area contributed by atoms with Gasteiger partial charge in [0.25, 0.3) is 0 Å². The van der Waals surface area contributed by atoms with Crippen LogP contribution in [-0.4, -0.2) is 36.2 Å². The molecule has 18 heavy (non-hydrogen) atoms. The number of ether oxygens (including phenoxy) is 2. The molecular weight excluding hydrogens is 238 g/mol. The lowest BCUT2D eigenvalue weighted by Crippen LogP contribution is -2.09. The van der Waals surface area contributed by atoms with Crippen molar-refractivity contribution in [3.05, 3.63) is 23.4 Å². The summed E-state index contributed by atoms with van der Waals surface area (Å²) in [7, 11) is 2.78. The average Bonchev–Trinajstić information content (AvgIpc) is 2.36. The van der Waals surface area contributed by atoms with Crippen molar-refractivity contribution in [2.75, 3.05) is 14.2 Å². The molecule has 0 aliphatic heterocycles. The number of hydrogen-bond donors (Lipinski definition) is 1. The van der Waals surface area contributed by atoms with Crippen molar-refractivity contribution < 1.29 is 24.2 Å². The number of aryl methyl sites for hydroxylation is 1. The van der Waals surface area contributed by atoms with Crippen LogP contribution in [0.1, 0.15) is 17.7 Å². The van der Waals surface area contributed by atoms with Gasteiger partial charge in [0.15, 0.2) is 0 Å². The molecule has 6 nitrogen and oxygen atoms in total. The first-order valence-electron chi connectivity index (χ1n) is 5.38. The van der Waals surface area contributed by atoms with Gasteiger partial charge in [-0.3, -0.25) is 9.59 Å². The fraction of sp³-hybridized carbons (Fsp3) is 0.417. The highest BCUT2D eigenvalue weighted by Crippen LogP contribution is 2.15. The third kappa shape index (κ3) is 4.04. The monoisotopic (exact) mass is 253 g/mol. The average molecular weight is 253 g/mol. The summed E-state index contributed by atoms with van der Waals surface area (Å²) in [6.07, 6.45) is 0.350. The van der Waals surface area contributed by atoms with E-state index in [2.05, 4.69) is 9.72 Å². The quantitative estimate of drug-likeness (QED) is 0.755. The van der Waals surface area contributed by atoms with E-state index in [1.165, 1.54) is 14.2 Å². The van der Waals surface area contributed by atoms with Crippen LogP contribution in [0.4, 0.5) is 0 Å². The van der Waals surface area contributed by atoms with Crippen LogP contribution in [0, 0.1) is 0 Å². The molecule has 98 valence electrons. The molecule has 0 fully saturated rings. The zero-order chi connectivity index (χ0) is 13.5. The molecule has 0 aliphatic rings. The smallest absolute Gasteiger partial charge is 0.307 e. The maximum atomic E-state index is 11.1. The number of rotatable bonds is 6. The first-order valence-corrected chi connectivity index (χ1v) is 5.38. The van der Waals surface area contributed by atoms with Gasteiger partial charge in [-0.2, -0.15) is 0 Å². The molecule has 0 bridgehead atoms. The van der Waals surface area contributed by atoms with Crippen LogP contribution in [0.3, 0.4) is 0 Å². The summed E-state index contributed by atoms with van der Waals surface area (Å²) in [6, 6.07) is 3.24. The topological polar surface area (TPSA) is 85.7 Å². The van der Waals surface area contributed by atoms with Crippen LogP contribution >= 0.6 is 0 Å². The Bertz CT molecular complexity index is 444. The molecule has 1 aromatic heterocycles. The number of methoxy groups -OCH3 is 2. The highest BCUT2D eigenvalue weighted by Gasteiger charge is 2.11. The van der Waals surface area contributed by atoms with Gasteiger partial charge in [-0.25, -0.2) is 4.98 Å². The van der Waals surface area contributed by atoms with Gasteiger partial charge in [-0.15, -0.1) is 0 Å². The number of esters is 1. The standard InChI is InChI=1S/C12H15NO5/c1-17-10-5-3-8(7-11(14)15)9(13-10)4-6-12(16)18-2/h3,5H,4,6-7H2,1-2H3,(H,14,15). The lowest BCUT2D eigenvalue weighted by molar-refractivity contribution is -0.140. The van der Waals surface area contributed by atoms with E-state index in [1.54, 1.807) is 12.1 Å². The van der Waals surface area contributed by atoms with E-state index < -0.39 is 5.97 Å². The summed E-state index contributed by atoms with van der Waals surface area (Å²) < 4.78 is 9.51. The molecule has 0 radical (unpaired) electrons.